The van der Waals surface area contributed by atoms with Crippen molar-refractivity contribution in [1.29, 1.82) is 0 Å². The number of ether oxygens (including phenoxy) is 1. The number of hydrogen-bond donors (Lipinski definition) is 1. The maximum Gasteiger partial charge on any atom is 0.262 e. The number of benzene rings is 3. The Kier molecular flexibility index (Phi) is 6.89. The summed E-state index contributed by atoms with van der Waals surface area (Å²) in [4.78, 5) is 23.2. The number of carbonyl (C=O) groups is 2. The molecule has 4 nitrogen and oxygen atoms in total. The summed E-state index contributed by atoms with van der Waals surface area (Å²) in [6.45, 7) is 1.42. The molecule has 0 bridgehead atoms. The lowest BCUT2D eigenvalue weighted by Gasteiger charge is -2.09. The van der Waals surface area contributed by atoms with Crippen molar-refractivity contribution >= 4 is 17.4 Å². The van der Waals surface area contributed by atoms with E-state index >= 15 is 0 Å². The quantitative estimate of drug-likeness (QED) is 0.613. The van der Waals surface area contributed by atoms with Gasteiger partial charge in [0, 0.05) is 11.3 Å². The van der Waals surface area contributed by atoms with Crippen LogP contribution in [0.15, 0.2) is 78.9 Å². The highest BCUT2D eigenvalue weighted by molar-refractivity contribution is 5.95. The van der Waals surface area contributed by atoms with Crippen molar-refractivity contribution in [2.24, 2.45) is 0 Å². The maximum atomic E-state index is 12.0. The zero-order valence-corrected chi connectivity index (χ0v) is 14.4. The van der Waals surface area contributed by atoms with Gasteiger partial charge in [-0.25, -0.2) is 0 Å². The van der Waals surface area contributed by atoms with Crippen LogP contribution < -0.4 is 10.1 Å². The highest BCUT2D eigenvalue weighted by atomic mass is 16.5. The third-order valence-electron chi connectivity index (χ3n) is 3.91. The van der Waals surface area contributed by atoms with Gasteiger partial charge in [0.05, 0.1) is 0 Å². The van der Waals surface area contributed by atoms with Gasteiger partial charge in [-0.05, 0) is 54.4 Å². The molecule has 0 saturated heterocycles. The van der Waals surface area contributed by atoms with E-state index in [2.05, 4.69) is 5.32 Å². The summed E-state index contributed by atoms with van der Waals surface area (Å²) in [5.74, 6) is 0.365. The minimum atomic E-state index is -0.257. The normalized spacial score (nSPS) is 9.81. The Morgan fingerprint density at radius 1 is 0.815 bits per heavy atom. The number of nitrogens with one attached hydrogen (secondary N) is 1. The van der Waals surface area contributed by atoms with Crippen molar-refractivity contribution in [3.8, 4) is 16.9 Å². The van der Waals surface area contributed by atoms with Crippen molar-refractivity contribution in [3.05, 3.63) is 84.4 Å². The van der Waals surface area contributed by atoms with Gasteiger partial charge >= 0.3 is 0 Å². The third kappa shape index (κ3) is 5.54. The molecule has 3 aromatic rings. The van der Waals surface area contributed by atoms with Gasteiger partial charge in [-0.3, -0.25) is 9.59 Å². The standard InChI is InChI=1S/C22H19NO3.CH4/c1-16(24)17-7-11-20(12-8-17)23-22(25)15-26-21-13-9-19(10-14-21)18-5-3-2-4-6-18;/h2-14H,15H2,1H3,(H,23,25);1H4. The Balaban J connectivity index is 0.00000261. The van der Waals surface area contributed by atoms with Crippen LogP contribution in [-0.4, -0.2) is 18.3 Å². The summed E-state index contributed by atoms with van der Waals surface area (Å²) in [5.41, 5.74) is 3.46. The summed E-state index contributed by atoms with van der Waals surface area (Å²) in [6, 6.07) is 24.4. The van der Waals surface area contributed by atoms with Crippen LogP contribution in [0.5, 0.6) is 5.75 Å². The molecule has 0 atom stereocenters. The Labute approximate surface area is 159 Å². The first kappa shape index (κ1) is 19.9. The van der Waals surface area contributed by atoms with Crippen molar-refractivity contribution in [2.75, 3.05) is 11.9 Å². The van der Waals surface area contributed by atoms with Crippen molar-refractivity contribution in [3.63, 3.8) is 0 Å². The molecule has 0 unspecified atom stereocenters. The molecule has 0 aromatic heterocycles. The van der Waals surface area contributed by atoms with Gasteiger partial charge in [-0.2, -0.15) is 0 Å². The van der Waals surface area contributed by atoms with Crippen LogP contribution in [0.4, 0.5) is 5.69 Å². The Morgan fingerprint density at radius 3 is 2.00 bits per heavy atom. The number of anilines is 1. The molecular weight excluding hydrogens is 338 g/mol. The highest BCUT2D eigenvalue weighted by Crippen LogP contribution is 2.22. The first-order valence-electron chi connectivity index (χ1n) is 8.31. The molecule has 1 amide bonds. The van der Waals surface area contributed by atoms with Crippen LogP contribution in [0.3, 0.4) is 0 Å². The molecule has 0 fully saturated rings. The van der Waals surface area contributed by atoms with E-state index in [4.69, 9.17) is 4.74 Å². The molecule has 0 spiro atoms. The van der Waals surface area contributed by atoms with Crippen LogP contribution in [0.25, 0.3) is 11.1 Å². The molecule has 0 aliphatic carbocycles. The lowest BCUT2D eigenvalue weighted by atomic mass is 10.1. The predicted octanol–water partition coefficient (Wildman–Crippen LogP) is 5.21. The monoisotopic (exact) mass is 361 g/mol. The third-order valence-corrected chi connectivity index (χ3v) is 3.91. The predicted molar refractivity (Wildman–Crippen MR) is 109 cm³/mol. The van der Waals surface area contributed by atoms with E-state index in [0.717, 1.165) is 11.1 Å². The number of ketones is 1. The maximum absolute atomic E-state index is 12.0. The largest absolute Gasteiger partial charge is 0.484 e. The second-order valence-electron chi connectivity index (χ2n) is 5.86. The number of hydrogen-bond acceptors (Lipinski definition) is 3. The number of rotatable bonds is 6. The van der Waals surface area contributed by atoms with E-state index in [1.54, 1.807) is 24.3 Å². The zero-order valence-electron chi connectivity index (χ0n) is 14.4. The number of carbonyl (C=O) groups excluding carboxylic acids is 2. The van der Waals surface area contributed by atoms with Gasteiger partial charge in [0.2, 0.25) is 0 Å². The fourth-order valence-corrected chi connectivity index (χ4v) is 2.51. The van der Waals surface area contributed by atoms with Crippen LogP contribution in [0, 0.1) is 0 Å². The first-order valence-corrected chi connectivity index (χ1v) is 8.31. The molecule has 4 heteroatoms. The van der Waals surface area contributed by atoms with Crippen LogP contribution in [-0.2, 0) is 4.79 Å². The van der Waals surface area contributed by atoms with Gasteiger partial charge in [-0.15, -0.1) is 0 Å². The number of amides is 1. The van der Waals surface area contributed by atoms with Gasteiger partial charge < -0.3 is 10.1 Å². The topological polar surface area (TPSA) is 55.4 Å². The first-order chi connectivity index (χ1) is 12.6. The molecule has 138 valence electrons. The molecule has 0 aliphatic heterocycles. The SMILES string of the molecule is C.CC(=O)c1ccc(NC(=O)COc2ccc(-c3ccccc3)cc2)cc1. The fourth-order valence-electron chi connectivity index (χ4n) is 2.51. The molecule has 0 heterocycles. The van der Waals surface area contributed by atoms with Crippen molar-refractivity contribution in [1.82, 2.24) is 0 Å². The van der Waals surface area contributed by atoms with Gasteiger partial charge in [0.25, 0.3) is 5.91 Å². The molecular formula is C23H23NO3. The Morgan fingerprint density at radius 2 is 1.41 bits per heavy atom. The summed E-state index contributed by atoms with van der Waals surface area (Å²) < 4.78 is 5.53. The average Bonchev–Trinajstić information content (AvgIpc) is 2.68. The van der Waals surface area contributed by atoms with E-state index in [0.29, 0.717) is 17.0 Å². The fraction of sp³-hybridized carbons (Fsp3) is 0.130. The van der Waals surface area contributed by atoms with E-state index < -0.39 is 0 Å². The summed E-state index contributed by atoms with van der Waals surface area (Å²) in [6.07, 6.45) is 0. The van der Waals surface area contributed by atoms with Crippen LogP contribution >= 0.6 is 0 Å². The average molecular weight is 361 g/mol. The van der Waals surface area contributed by atoms with Crippen molar-refractivity contribution < 1.29 is 14.3 Å². The molecule has 0 radical (unpaired) electrons. The minimum Gasteiger partial charge on any atom is -0.484 e. The Hall–Kier alpha value is -3.40. The lowest BCUT2D eigenvalue weighted by Crippen LogP contribution is -2.20. The summed E-state index contributed by atoms with van der Waals surface area (Å²) in [7, 11) is 0. The second kappa shape index (κ2) is 9.34. The lowest BCUT2D eigenvalue weighted by molar-refractivity contribution is -0.118. The Bertz CT molecular complexity index is 885. The molecule has 3 aromatic carbocycles. The molecule has 0 saturated carbocycles. The summed E-state index contributed by atoms with van der Waals surface area (Å²) in [5, 5.41) is 2.74. The van der Waals surface area contributed by atoms with Crippen molar-refractivity contribution in [2.45, 2.75) is 14.4 Å². The van der Waals surface area contributed by atoms with Gasteiger partial charge in [0.1, 0.15) is 5.75 Å². The zero-order chi connectivity index (χ0) is 18.4. The van der Waals surface area contributed by atoms with Crippen LogP contribution in [0.2, 0.25) is 0 Å². The van der Waals surface area contributed by atoms with Gasteiger partial charge in [0.15, 0.2) is 12.4 Å². The smallest absolute Gasteiger partial charge is 0.262 e. The molecule has 0 aliphatic rings. The number of Topliss-reactive ketones (excluding diaryl/α,β-unsaturated/α-hetero) is 1. The molecule has 1 N–H and O–H groups in total. The van der Waals surface area contributed by atoms with E-state index in [9.17, 15) is 9.59 Å². The van der Waals surface area contributed by atoms with Gasteiger partial charge in [-0.1, -0.05) is 49.9 Å². The van der Waals surface area contributed by atoms with E-state index in [1.165, 1.54) is 6.92 Å². The highest BCUT2D eigenvalue weighted by Gasteiger charge is 2.05. The van der Waals surface area contributed by atoms with E-state index in [1.807, 2.05) is 54.6 Å². The molecule has 3 rings (SSSR count). The minimum absolute atomic E-state index is 0. The summed E-state index contributed by atoms with van der Waals surface area (Å²) >= 11 is 0. The molecule has 27 heavy (non-hydrogen) atoms. The van der Waals surface area contributed by atoms with E-state index in [-0.39, 0.29) is 25.7 Å². The van der Waals surface area contributed by atoms with Crippen LogP contribution in [0.1, 0.15) is 24.7 Å². The second-order valence-corrected chi connectivity index (χ2v) is 5.86.